The maximum absolute atomic E-state index is 13.2. The third-order valence-corrected chi connectivity index (χ3v) is 7.02. The monoisotopic (exact) mass is 534 g/mol. The van der Waals surface area contributed by atoms with Gasteiger partial charge in [0.25, 0.3) is 17.7 Å². The molecule has 3 amide bonds. The average Bonchev–Trinajstić information content (AvgIpc) is 3.50. The third kappa shape index (κ3) is 5.05. The van der Waals surface area contributed by atoms with Crippen LogP contribution in [0.2, 0.25) is 5.02 Å². The van der Waals surface area contributed by atoms with Crippen molar-refractivity contribution in [1.82, 2.24) is 0 Å². The van der Waals surface area contributed by atoms with Crippen molar-refractivity contribution in [3.63, 3.8) is 0 Å². The van der Waals surface area contributed by atoms with E-state index in [2.05, 4.69) is 15.5 Å². The molecule has 5 rings (SSSR count). The van der Waals surface area contributed by atoms with Crippen LogP contribution >= 0.6 is 23.2 Å². The Hall–Kier alpha value is -3.81. The van der Waals surface area contributed by atoms with E-state index in [-0.39, 0.29) is 16.6 Å². The highest BCUT2D eigenvalue weighted by molar-refractivity contribution is 6.53. The fourth-order valence-corrected chi connectivity index (χ4v) is 4.85. The zero-order valence-electron chi connectivity index (χ0n) is 20.1. The molecule has 2 N–H and O–H groups in total. The first-order valence-corrected chi connectivity index (χ1v) is 12.7. The largest absolute Gasteiger partial charge is 0.372 e. The highest BCUT2D eigenvalue weighted by atomic mass is 35.5. The molecule has 3 aromatic carbocycles. The lowest BCUT2D eigenvalue weighted by atomic mass is 10.1. The molecule has 2 aliphatic heterocycles. The lowest BCUT2D eigenvalue weighted by Gasteiger charge is -2.18. The van der Waals surface area contributed by atoms with Crippen molar-refractivity contribution in [3.8, 4) is 0 Å². The predicted molar refractivity (Wildman–Crippen MR) is 147 cm³/mol. The molecule has 0 radical (unpaired) electrons. The van der Waals surface area contributed by atoms with Crippen LogP contribution in [0.4, 0.5) is 22.7 Å². The van der Waals surface area contributed by atoms with Crippen molar-refractivity contribution < 1.29 is 14.4 Å². The second-order valence-corrected chi connectivity index (χ2v) is 9.78. The Morgan fingerprint density at radius 2 is 1.59 bits per heavy atom. The summed E-state index contributed by atoms with van der Waals surface area (Å²) in [6.45, 7) is 3.88. The van der Waals surface area contributed by atoms with Crippen LogP contribution in [-0.4, -0.2) is 30.8 Å². The lowest BCUT2D eigenvalue weighted by Crippen LogP contribution is -2.32. The molecule has 0 atom stereocenters. The Bertz CT molecular complexity index is 1430. The molecule has 2 heterocycles. The fourth-order valence-electron chi connectivity index (χ4n) is 4.47. The molecule has 9 heteroatoms. The number of nitrogens with zero attached hydrogens (tertiary/aromatic N) is 2. The summed E-state index contributed by atoms with van der Waals surface area (Å²) >= 11 is 12.4. The van der Waals surface area contributed by atoms with E-state index in [0.29, 0.717) is 33.2 Å². The quantitative estimate of drug-likeness (QED) is 0.382. The maximum Gasteiger partial charge on any atom is 0.283 e. The maximum atomic E-state index is 13.2. The van der Waals surface area contributed by atoms with Crippen LogP contribution in [0.25, 0.3) is 0 Å². The molecule has 0 spiro atoms. The minimum atomic E-state index is -0.647. The van der Waals surface area contributed by atoms with Crippen LogP contribution in [-0.2, 0) is 9.59 Å². The van der Waals surface area contributed by atoms with Crippen LogP contribution in [0.1, 0.15) is 28.8 Å². The topological polar surface area (TPSA) is 81.8 Å². The van der Waals surface area contributed by atoms with Crippen LogP contribution in [0.15, 0.2) is 77.5 Å². The second-order valence-electron chi connectivity index (χ2n) is 8.97. The number of hydrogen-bond acceptors (Lipinski definition) is 5. The van der Waals surface area contributed by atoms with Crippen LogP contribution in [0.5, 0.6) is 0 Å². The summed E-state index contributed by atoms with van der Waals surface area (Å²) in [5.74, 6) is -1.55. The molecule has 3 aromatic rings. The number of imide groups is 1. The van der Waals surface area contributed by atoms with Gasteiger partial charge in [-0.05, 0) is 79.9 Å². The van der Waals surface area contributed by atoms with Gasteiger partial charge in [0.05, 0.1) is 5.69 Å². The molecular formula is C28H24Cl2N4O3. The molecule has 1 saturated heterocycles. The van der Waals surface area contributed by atoms with E-state index in [1.54, 1.807) is 49.4 Å². The van der Waals surface area contributed by atoms with E-state index in [4.69, 9.17) is 23.2 Å². The molecule has 0 aromatic heterocycles. The highest BCUT2D eigenvalue weighted by Crippen LogP contribution is 2.33. The summed E-state index contributed by atoms with van der Waals surface area (Å²) in [6.07, 6.45) is 2.39. The van der Waals surface area contributed by atoms with Crippen LogP contribution in [0.3, 0.4) is 0 Å². The van der Waals surface area contributed by atoms with Crippen molar-refractivity contribution >= 4 is 63.7 Å². The van der Waals surface area contributed by atoms with Crippen molar-refractivity contribution in [1.29, 1.82) is 0 Å². The highest BCUT2D eigenvalue weighted by Gasteiger charge is 2.39. The summed E-state index contributed by atoms with van der Waals surface area (Å²) in [7, 11) is 0. The molecular weight excluding hydrogens is 511 g/mol. The number of carbonyl (C=O) groups excluding carboxylic acids is 3. The lowest BCUT2D eigenvalue weighted by molar-refractivity contribution is -0.120. The van der Waals surface area contributed by atoms with Gasteiger partial charge in [0.15, 0.2) is 0 Å². The van der Waals surface area contributed by atoms with Crippen molar-refractivity contribution in [3.05, 3.63) is 93.6 Å². The molecule has 37 heavy (non-hydrogen) atoms. The summed E-state index contributed by atoms with van der Waals surface area (Å²) in [4.78, 5) is 42.2. The van der Waals surface area contributed by atoms with Crippen LogP contribution < -0.4 is 20.4 Å². The van der Waals surface area contributed by atoms with E-state index in [1.165, 1.54) is 12.8 Å². The smallest absolute Gasteiger partial charge is 0.283 e. The molecule has 1 fully saturated rings. The van der Waals surface area contributed by atoms with Gasteiger partial charge in [0.2, 0.25) is 0 Å². The standard InChI is InChI=1S/C28H24Cl2N4O3/c1-17-7-8-19(29)16-23(17)34-27(36)24(30)25(28(34)37)31-21-6-4-5-18(15-21)26(35)32-20-9-11-22(12-10-20)33-13-2-3-14-33/h4-12,15-16,31H,2-3,13-14H2,1H3,(H,32,35). The number of halogens is 2. The Kier molecular flexibility index (Phi) is 6.91. The number of amides is 3. The van der Waals surface area contributed by atoms with Gasteiger partial charge in [-0.1, -0.05) is 35.3 Å². The van der Waals surface area contributed by atoms with Crippen LogP contribution in [0, 0.1) is 6.92 Å². The first kappa shape index (κ1) is 24.9. The molecule has 2 aliphatic rings. The minimum Gasteiger partial charge on any atom is -0.372 e. The predicted octanol–water partition coefficient (Wildman–Crippen LogP) is 5.94. The van der Waals surface area contributed by atoms with E-state index in [9.17, 15) is 14.4 Å². The van der Waals surface area contributed by atoms with Gasteiger partial charge in [-0.25, -0.2) is 4.90 Å². The second kappa shape index (κ2) is 10.3. The van der Waals surface area contributed by atoms with Gasteiger partial charge in [-0.15, -0.1) is 0 Å². The van der Waals surface area contributed by atoms with Gasteiger partial charge in [-0.3, -0.25) is 14.4 Å². The fraction of sp³-hybridized carbons (Fsp3) is 0.179. The molecule has 0 aliphatic carbocycles. The number of rotatable bonds is 6. The molecule has 0 bridgehead atoms. The number of carbonyl (C=O) groups is 3. The number of nitrogens with one attached hydrogen (secondary N) is 2. The summed E-state index contributed by atoms with van der Waals surface area (Å²) < 4.78 is 0. The normalized spacial score (nSPS) is 15.5. The number of aryl methyl sites for hydroxylation is 1. The van der Waals surface area contributed by atoms with Crippen molar-refractivity contribution in [2.75, 3.05) is 33.5 Å². The zero-order valence-corrected chi connectivity index (χ0v) is 21.6. The van der Waals surface area contributed by atoms with Gasteiger partial charge >= 0.3 is 0 Å². The zero-order chi connectivity index (χ0) is 26.1. The minimum absolute atomic E-state index is 0.0684. The summed E-state index contributed by atoms with van der Waals surface area (Å²) in [5, 5.41) is 5.97. The number of hydrogen-bond donors (Lipinski definition) is 2. The van der Waals surface area contributed by atoms with E-state index in [0.717, 1.165) is 23.7 Å². The SMILES string of the molecule is Cc1ccc(Cl)cc1N1C(=O)C(Cl)=C(Nc2cccc(C(=O)Nc3ccc(N4CCCC4)cc3)c2)C1=O. The molecule has 0 unspecified atom stereocenters. The molecule has 188 valence electrons. The first-order valence-electron chi connectivity index (χ1n) is 11.9. The third-order valence-electron chi connectivity index (χ3n) is 6.43. The van der Waals surface area contributed by atoms with Crippen molar-refractivity contribution in [2.24, 2.45) is 0 Å². The first-order chi connectivity index (χ1) is 17.8. The molecule has 0 saturated carbocycles. The Morgan fingerprint density at radius 1 is 0.865 bits per heavy atom. The number of benzene rings is 3. The Morgan fingerprint density at radius 3 is 2.32 bits per heavy atom. The van der Waals surface area contributed by atoms with E-state index in [1.807, 2.05) is 24.3 Å². The van der Waals surface area contributed by atoms with Gasteiger partial charge in [0.1, 0.15) is 10.7 Å². The van der Waals surface area contributed by atoms with E-state index < -0.39 is 11.8 Å². The van der Waals surface area contributed by atoms with Gasteiger partial charge in [0, 0.05) is 40.7 Å². The Balaban J connectivity index is 1.30. The summed E-state index contributed by atoms with van der Waals surface area (Å²) in [6, 6.07) is 19.3. The number of anilines is 4. The average molecular weight is 535 g/mol. The van der Waals surface area contributed by atoms with Gasteiger partial charge in [-0.2, -0.15) is 0 Å². The summed E-state index contributed by atoms with van der Waals surface area (Å²) in [5.41, 5.74) is 3.64. The van der Waals surface area contributed by atoms with E-state index >= 15 is 0 Å². The molecule has 7 nitrogen and oxygen atoms in total. The van der Waals surface area contributed by atoms with Gasteiger partial charge < -0.3 is 15.5 Å². The Labute approximate surface area is 224 Å². The van der Waals surface area contributed by atoms with Crippen molar-refractivity contribution in [2.45, 2.75) is 19.8 Å².